The van der Waals surface area contributed by atoms with Crippen LogP contribution in [0.3, 0.4) is 0 Å². The number of halogens is 4. The first-order valence-electron chi connectivity index (χ1n) is 21.4. The van der Waals surface area contributed by atoms with Gasteiger partial charge in [-0.2, -0.15) is 10.5 Å². The van der Waals surface area contributed by atoms with Gasteiger partial charge < -0.3 is 20.1 Å². The molecule has 0 spiro atoms. The second-order valence-corrected chi connectivity index (χ2v) is 20.1. The van der Waals surface area contributed by atoms with Crippen molar-refractivity contribution in [1.82, 2.24) is 20.4 Å². The Morgan fingerprint density at radius 1 is 0.534 bits per heavy atom. The summed E-state index contributed by atoms with van der Waals surface area (Å²) in [7, 11) is 0. The number of nitrogens with zero attached hydrogens (tertiary/aromatic N) is 4. The Hall–Kier alpha value is -3.50. The Balaban J connectivity index is 0.753. The van der Waals surface area contributed by atoms with Crippen LogP contribution in [0.1, 0.15) is 128 Å². The number of carbonyl (C=O) groups excluding carboxylic acids is 4. The standard InChI is InChI=1S/C42H56F4N6O6/c43-41(44)19-29(21-47)51(25-41)23-31(53)49-39-13-7-37(8-14-39,9-15-39)33(55)57-27-35-1-2-36(5-3-35,6-4-35)28-58-34(56)38-10-16-40(17-11-38,18-12-38)50-32(54)24-52-26-42(45,46)20-30(52)22-48/h29-30H,1-20,23-28H2,(H,49,53)(H,50,54)/t29-,30-,35?,36?,37?,38?,39?,40?/m0/s1. The molecule has 2 heterocycles. The zero-order chi connectivity index (χ0) is 41.2. The van der Waals surface area contributed by atoms with Gasteiger partial charge in [0.1, 0.15) is 12.1 Å². The van der Waals surface area contributed by atoms with Gasteiger partial charge in [0.2, 0.25) is 11.8 Å². The van der Waals surface area contributed by atoms with Gasteiger partial charge >= 0.3 is 11.9 Å². The van der Waals surface area contributed by atoms with Crippen LogP contribution in [0, 0.1) is 44.3 Å². The lowest BCUT2D eigenvalue weighted by Crippen LogP contribution is -2.60. The largest absolute Gasteiger partial charge is 0.465 e. The summed E-state index contributed by atoms with van der Waals surface area (Å²) in [6.45, 7) is -0.959. The molecular formula is C42H56F4N6O6. The molecule has 0 radical (unpaired) electrons. The first-order valence-corrected chi connectivity index (χ1v) is 21.4. The van der Waals surface area contributed by atoms with Gasteiger partial charge in [0, 0.05) is 34.7 Å². The van der Waals surface area contributed by atoms with Crippen molar-refractivity contribution < 1.29 is 46.2 Å². The number of fused-ring (bicyclic) bond motifs is 9. The van der Waals surface area contributed by atoms with E-state index >= 15 is 0 Å². The summed E-state index contributed by atoms with van der Waals surface area (Å²) >= 11 is 0. The maximum Gasteiger partial charge on any atom is 0.312 e. The molecule has 11 rings (SSSR count). The summed E-state index contributed by atoms with van der Waals surface area (Å²) < 4.78 is 67.8. The molecule has 11 aliphatic rings. The van der Waals surface area contributed by atoms with Crippen LogP contribution in [0.2, 0.25) is 0 Å². The molecule has 2 saturated heterocycles. The van der Waals surface area contributed by atoms with E-state index in [9.17, 15) is 47.3 Å². The molecule has 2 atom stereocenters. The van der Waals surface area contributed by atoms with Crippen molar-refractivity contribution in [3.63, 3.8) is 0 Å². The number of hydrogen-bond acceptors (Lipinski definition) is 10. The molecule has 2 aliphatic heterocycles. The van der Waals surface area contributed by atoms with E-state index in [2.05, 4.69) is 10.6 Å². The van der Waals surface area contributed by atoms with E-state index in [0.717, 1.165) is 38.5 Å². The van der Waals surface area contributed by atoms with Crippen LogP contribution in [0.25, 0.3) is 0 Å². The van der Waals surface area contributed by atoms with E-state index in [-0.39, 0.29) is 47.7 Å². The summed E-state index contributed by atoms with van der Waals surface area (Å²) in [4.78, 5) is 55.7. The lowest BCUT2D eigenvalue weighted by Gasteiger charge is -2.55. The Labute approximate surface area is 337 Å². The quantitative estimate of drug-likeness (QED) is 0.195. The predicted molar refractivity (Wildman–Crippen MR) is 198 cm³/mol. The maximum absolute atomic E-state index is 13.9. The van der Waals surface area contributed by atoms with Gasteiger partial charge in [-0.25, -0.2) is 17.6 Å². The molecule has 0 aromatic rings. The lowest BCUT2D eigenvalue weighted by atomic mass is 9.54. The summed E-state index contributed by atoms with van der Waals surface area (Å²) in [5.74, 6) is -7.02. The number of ether oxygens (including phenoxy) is 2. The Bertz CT molecular complexity index is 1580. The normalized spacial score (nSPS) is 41.0. The average Bonchev–Trinajstić information content (AvgIpc) is 3.68. The fraction of sp³-hybridized carbons (Fsp3) is 0.857. The Morgan fingerprint density at radius 3 is 1.14 bits per heavy atom. The number of carbonyl (C=O) groups is 4. The minimum Gasteiger partial charge on any atom is -0.465 e. The number of esters is 2. The number of nitriles is 2. The van der Waals surface area contributed by atoms with E-state index < -0.39 is 71.8 Å². The molecule has 318 valence electrons. The van der Waals surface area contributed by atoms with Crippen molar-refractivity contribution >= 4 is 23.8 Å². The molecule has 2 amide bonds. The van der Waals surface area contributed by atoms with Crippen molar-refractivity contribution in [2.24, 2.45) is 21.7 Å². The second kappa shape index (κ2) is 14.6. The second-order valence-electron chi connectivity index (χ2n) is 20.1. The molecule has 0 unspecified atom stereocenters. The molecule has 9 saturated carbocycles. The van der Waals surface area contributed by atoms with Crippen molar-refractivity contribution in [1.29, 1.82) is 10.5 Å². The fourth-order valence-electron chi connectivity index (χ4n) is 12.3. The molecule has 58 heavy (non-hydrogen) atoms. The zero-order valence-corrected chi connectivity index (χ0v) is 33.3. The number of hydrogen-bond donors (Lipinski definition) is 2. The molecular weight excluding hydrogens is 760 g/mol. The number of amides is 2. The molecule has 9 aliphatic carbocycles. The Morgan fingerprint density at radius 2 is 0.845 bits per heavy atom. The first kappa shape index (κ1) is 41.2. The number of alkyl halides is 4. The summed E-state index contributed by atoms with van der Waals surface area (Å²) in [5, 5.41) is 24.7. The highest BCUT2D eigenvalue weighted by Gasteiger charge is 2.58. The number of nitrogens with one attached hydrogen (secondary N) is 2. The van der Waals surface area contributed by atoms with E-state index in [1.807, 2.05) is 12.1 Å². The third-order valence-electron chi connectivity index (χ3n) is 16.5. The summed E-state index contributed by atoms with van der Waals surface area (Å²) in [5.41, 5.74) is -2.27. The lowest BCUT2D eigenvalue weighted by molar-refractivity contribution is -0.178. The van der Waals surface area contributed by atoms with Gasteiger partial charge in [-0.3, -0.25) is 29.0 Å². The van der Waals surface area contributed by atoms with Crippen molar-refractivity contribution in [2.75, 3.05) is 39.4 Å². The highest BCUT2D eigenvalue weighted by molar-refractivity contribution is 5.81. The van der Waals surface area contributed by atoms with Gasteiger partial charge in [-0.15, -0.1) is 0 Å². The van der Waals surface area contributed by atoms with E-state index in [4.69, 9.17) is 9.47 Å². The van der Waals surface area contributed by atoms with Gasteiger partial charge in [0.15, 0.2) is 0 Å². The Kier molecular flexibility index (Phi) is 10.4. The minimum atomic E-state index is -2.98. The van der Waals surface area contributed by atoms with Gasteiger partial charge in [0.25, 0.3) is 11.8 Å². The van der Waals surface area contributed by atoms with E-state index in [1.165, 1.54) is 9.80 Å². The predicted octanol–water partition coefficient (Wildman–Crippen LogP) is 5.30. The van der Waals surface area contributed by atoms with Gasteiger partial charge in [0.05, 0.1) is 62.4 Å². The van der Waals surface area contributed by atoms with Crippen LogP contribution >= 0.6 is 0 Å². The van der Waals surface area contributed by atoms with Crippen molar-refractivity contribution in [3.8, 4) is 12.1 Å². The monoisotopic (exact) mass is 816 g/mol. The number of rotatable bonds is 12. The average molecular weight is 817 g/mol. The molecule has 6 bridgehead atoms. The topological polar surface area (TPSA) is 165 Å². The third-order valence-corrected chi connectivity index (χ3v) is 16.5. The molecule has 0 aromatic carbocycles. The molecule has 2 N–H and O–H groups in total. The highest BCUT2D eigenvalue weighted by Crippen LogP contribution is 2.59. The van der Waals surface area contributed by atoms with E-state index in [1.54, 1.807) is 0 Å². The fourth-order valence-corrected chi connectivity index (χ4v) is 12.3. The number of likely N-dealkylation sites (tertiary alicyclic amines) is 2. The summed E-state index contributed by atoms with van der Waals surface area (Å²) in [6.07, 6.45) is 11.5. The molecule has 11 fully saturated rings. The third kappa shape index (κ3) is 7.81. The van der Waals surface area contributed by atoms with Crippen LogP contribution in [-0.2, 0) is 28.7 Å². The van der Waals surface area contributed by atoms with Crippen LogP contribution in [0.15, 0.2) is 0 Å². The van der Waals surface area contributed by atoms with Crippen LogP contribution < -0.4 is 10.6 Å². The SMILES string of the molecule is N#C[C@@H]1CC(F)(F)CN1CC(=O)NC12CCC(C(=O)OCC34CCC(COC(=O)C56CCC(NC(=O)CN7CC(F)(F)C[C@H]7C#N)(CC5)CC6)(CC3)CC4)(CC1)CC2. The van der Waals surface area contributed by atoms with Crippen molar-refractivity contribution in [3.05, 3.63) is 0 Å². The van der Waals surface area contributed by atoms with Crippen molar-refractivity contribution in [2.45, 2.75) is 163 Å². The van der Waals surface area contributed by atoms with Crippen LogP contribution in [0.4, 0.5) is 17.6 Å². The first-order chi connectivity index (χ1) is 27.4. The summed E-state index contributed by atoms with van der Waals surface area (Å²) in [6, 6.07) is 1.79. The smallest absolute Gasteiger partial charge is 0.312 e. The van der Waals surface area contributed by atoms with Crippen LogP contribution in [-0.4, -0.2) is 108 Å². The molecule has 16 heteroatoms. The molecule has 12 nitrogen and oxygen atoms in total. The van der Waals surface area contributed by atoms with Gasteiger partial charge in [-0.1, -0.05) is 0 Å². The van der Waals surface area contributed by atoms with Crippen LogP contribution in [0.5, 0.6) is 0 Å². The van der Waals surface area contributed by atoms with E-state index in [0.29, 0.717) is 90.3 Å². The zero-order valence-electron chi connectivity index (χ0n) is 33.3. The van der Waals surface area contributed by atoms with Gasteiger partial charge in [-0.05, 0) is 116 Å². The molecule has 0 aromatic heterocycles. The highest BCUT2D eigenvalue weighted by atomic mass is 19.3. The minimum absolute atomic E-state index is 0.0862. The maximum atomic E-state index is 13.9.